The lowest BCUT2D eigenvalue weighted by molar-refractivity contribution is -0.113. The summed E-state index contributed by atoms with van der Waals surface area (Å²) in [5.74, 6) is -0.0443. The second-order valence-corrected chi connectivity index (χ2v) is 7.51. The molecule has 150 valence electrons. The highest BCUT2D eigenvalue weighted by atomic mass is 32.2. The molecular formula is C20H17NO6S2. The highest BCUT2D eigenvalue weighted by molar-refractivity contribution is 8.27. The number of hydrogen-bond acceptors (Lipinski definition) is 7. The second-order valence-electron chi connectivity index (χ2n) is 5.83. The molecule has 1 fully saturated rings. The summed E-state index contributed by atoms with van der Waals surface area (Å²) in [4.78, 5) is 25.9. The van der Waals surface area contributed by atoms with E-state index >= 15 is 0 Å². The van der Waals surface area contributed by atoms with Gasteiger partial charge in [0.2, 0.25) is 5.75 Å². The first-order chi connectivity index (χ1) is 13.9. The maximum absolute atomic E-state index is 12.9. The van der Waals surface area contributed by atoms with Crippen molar-refractivity contribution in [1.29, 1.82) is 0 Å². The van der Waals surface area contributed by atoms with Gasteiger partial charge in [-0.2, -0.15) is 0 Å². The van der Waals surface area contributed by atoms with Crippen molar-refractivity contribution in [2.45, 2.75) is 0 Å². The smallest absolute Gasteiger partial charge is 0.335 e. The minimum Gasteiger partial charge on any atom is -0.493 e. The van der Waals surface area contributed by atoms with Crippen LogP contribution in [0.15, 0.2) is 41.3 Å². The minimum absolute atomic E-state index is 0.0742. The van der Waals surface area contributed by atoms with Crippen LogP contribution in [0.2, 0.25) is 0 Å². The summed E-state index contributed by atoms with van der Waals surface area (Å²) in [6.45, 7) is 0. The molecule has 0 atom stereocenters. The van der Waals surface area contributed by atoms with Crippen molar-refractivity contribution in [2.75, 3.05) is 26.2 Å². The Hall–Kier alpha value is -3.04. The van der Waals surface area contributed by atoms with Crippen LogP contribution in [-0.2, 0) is 4.79 Å². The molecule has 0 spiro atoms. The average Bonchev–Trinajstić information content (AvgIpc) is 3.00. The molecule has 1 aliphatic heterocycles. The van der Waals surface area contributed by atoms with Crippen LogP contribution in [0.25, 0.3) is 6.08 Å². The first-order valence-electron chi connectivity index (χ1n) is 8.31. The third-order valence-corrected chi connectivity index (χ3v) is 5.43. The summed E-state index contributed by atoms with van der Waals surface area (Å²) in [6.07, 6.45) is 1.67. The molecule has 0 unspecified atom stereocenters. The molecule has 2 aromatic carbocycles. The topological polar surface area (TPSA) is 85.3 Å². The zero-order chi connectivity index (χ0) is 21.1. The molecule has 2 aromatic rings. The number of carbonyl (C=O) groups excluding carboxylic acids is 1. The van der Waals surface area contributed by atoms with E-state index in [4.69, 9.17) is 26.4 Å². The van der Waals surface area contributed by atoms with Gasteiger partial charge in [-0.3, -0.25) is 9.69 Å². The van der Waals surface area contributed by atoms with Gasteiger partial charge in [0.15, 0.2) is 15.8 Å². The zero-order valence-electron chi connectivity index (χ0n) is 15.8. The fourth-order valence-corrected chi connectivity index (χ4v) is 4.10. The van der Waals surface area contributed by atoms with Gasteiger partial charge in [-0.05, 0) is 42.0 Å². The van der Waals surface area contributed by atoms with Crippen LogP contribution in [0.3, 0.4) is 0 Å². The standard InChI is InChI=1S/C20H17NO6S2/c1-25-14-7-11(8-15(26-2)17(14)27-3)9-16-18(22)21(20(28)29-16)13-6-4-5-12(10-13)19(23)24/h4-10H,1-3H3,(H,23,24). The Balaban J connectivity index is 1.98. The molecule has 0 bridgehead atoms. The van der Waals surface area contributed by atoms with Crippen molar-refractivity contribution in [2.24, 2.45) is 0 Å². The van der Waals surface area contributed by atoms with Gasteiger partial charge >= 0.3 is 5.97 Å². The molecule has 9 heteroatoms. The maximum Gasteiger partial charge on any atom is 0.335 e. The van der Waals surface area contributed by atoms with Gasteiger partial charge in [0.1, 0.15) is 0 Å². The maximum atomic E-state index is 12.9. The first kappa shape index (κ1) is 20.7. The van der Waals surface area contributed by atoms with Gasteiger partial charge in [-0.25, -0.2) is 4.79 Å². The Morgan fingerprint density at radius 3 is 2.31 bits per heavy atom. The van der Waals surface area contributed by atoms with Crippen molar-refractivity contribution in [1.82, 2.24) is 0 Å². The predicted octanol–water partition coefficient (Wildman–Crippen LogP) is 3.82. The molecule has 1 amide bonds. The normalized spacial score (nSPS) is 15.0. The molecule has 0 radical (unpaired) electrons. The van der Waals surface area contributed by atoms with Crippen molar-refractivity contribution >= 4 is 51.9 Å². The van der Waals surface area contributed by atoms with Crippen molar-refractivity contribution in [3.8, 4) is 17.2 Å². The number of nitrogens with zero attached hydrogens (tertiary/aromatic N) is 1. The minimum atomic E-state index is -1.08. The van der Waals surface area contributed by atoms with Crippen LogP contribution in [0.5, 0.6) is 17.2 Å². The van der Waals surface area contributed by atoms with Crippen LogP contribution in [-0.4, -0.2) is 42.6 Å². The van der Waals surface area contributed by atoms with Gasteiger partial charge < -0.3 is 19.3 Å². The van der Waals surface area contributed by atoms with E-state index in [0.717, 1.165) is 11.8 Å². The Morgan fingerprint density at radius 2 is 1.76 bits per heavy atom. The Labute approximate surface area is 176 Å². The molecule has 0 aromatic heterocycles. The molecule has 7 nitrogen and oxygen atoms in total. The molecule has 1 N–H and O–H groups in total. The van der Waals surface area contributed by atoms with Crippen molar-refractivity contribution < 1.29 is 28.9 Å². The summed E-state index contributed by atoms with van der Waals surface area (Å²) in [7, 11) is 4.53. The fourth-order valence-electron chi connectivity index (χ4n) is 2.80. The molecule has 1 saturated heterocycles. The lowest BCUT2D eigenvalue weighted by atomic mass is 10.1. The lowest BCUT2D eigenvalue weighted by Gasteiger charge is -2.15. The summed E-state index contributed by atoms with van der Waals surface area (Å²) < 4.78 is 16.3. The number of anilines is 1. The van der Waals surface area contributed by atoms with E-state index < -0.39 is 5.97 Å². The number of carboxylic acids is 1. The van der Waals surface area contributed by atoms with Gasteiger partial charge in [-0.1, -0.05) is 30.0 Å². The van der Waals surface area contributed by atoms with E-state index in [1.807, 2.05) is 0 Å². The number of hydrogen-bond donors (Lipinski definition) is 1. The van der Waals surface area contributed by atoms with Crippen molar-refractivity contribution in [3.63, 3.8) is 0 Å². The molecule has 1 aliphatic rings. The lowest BCUT2D eigenvalue weighted by Crippen LogP contribution is -2.27. The largest absolute Gasteiger partial charge is 0.493 e. The first-order valence-corrected chi connectivity index (χ1v) is 9.53. The molecule has 1 heterocycles. The summed E-state index contributed by atoms with van der Waals surface area (Å²) in [5, 5.41) is 9.19. The number of aromatic carboxylic acids is 1. The monoisotopic (exact) mass is 431 g/mol. The SMILES string of the molecule is COc1cc(C=C2SC(=S)N(c3cccc(C(=O)O)c3)C2=O)cc(OC)c1OC. The van der Waals surface area contributed by atoms with Crippen LogP contribution < -0.4 is 19.1 Å². The van der Waals surface area contributed by atoms with E-state index in [2.05, 4.69) is 0 Å². The number of benzene rings is 2. The van der Waals surface area contributed by atoms with E-state index in [1.165, 1.54) is 38.4 Å². The number of carbonyl (C=O) groups is 2. The predicted molar refractivity (Wildman–Crippen MR) is 115 cm³/mol. The number of ether oxygens (including phenoxy) is 3. The van der Waals surface area contributed by atoms with E-state index in [-0.39, 0.29) is 11.5 Å². The molecule has 0 saturated carbocycles. The molecule has 0 aliphatic carbocycles. The van der Waals surface area contributed by atoms with Gasteiger partial charge in [0, 0.05) is 0 Å². The number of amides is 1. The van der Waals surface area contributed by atoms with E-state index in [9.17, 15) is 14.7 Å². The summed E-state index contributed by atoms with van der Waals surface area (Å²) in [6, 6.07) is 9.52. The number of thiocarbonyl (C=S) groups is 1. The van der Waals surface area contributed by atoms with E-state index in [1.54, 1.807) is 30.3 Å². The van der Waals surface area contributed by atoms with Gasteiger partial charge in [0.25, 0.3) is 5.91 Å². The highest BCUT2D eigenvalue weighted by Crippen LogP contribution is 2.41. The van der Waals surface area contributed by atoms with Crippen LogP contribution in [0.4, 0.5) is 5.69 Å². The Morgan fingerprint density at radius 1 is 1.10 bits per heavy atom. The highest BCUT2D eigenvalue weighted by Gasteiger charge is 2.33. The van der Waals surface area contributed by atoms with Crippen LogP contribution >= 0.6 is 24.0 Å². The summed E-state index contributed by atoms with van der Waals surface area (Å²) >= 11 is 6.48. The third kappa shape index (κ3) is 4.06. The molecule has 3 rings (SSSR count). The average molecular weight is 431 g/mol. The van der Waals surface area contributed by atoms with Gasteiger partial charge in [0.05, 0.1) is 37.5 Å². The Kier molecular flexibility index (Phi) is 6.09. The number of methoxy groups -OCH3 is 3. The number of rotatable bonds is 6. The number of thioether (sulfide) groups is 1. The van der Waals surface area contributed by atoms with Crippen LogP contribution in [0.1, 0.15) is 15.9 Å². The van der Waals surface area contributed by atoms with Crippen molar-refractivity contribution in [3.05, 3.63) is 52.4 Å². The van der Waals surface area contributed by atoms with Gasteiger partial charge in [-0.15, -0.1) is 0 Å². The third-order valence-electron chi connectivity index (χ3n) is 4.13. The Bertz CT molecular complexity index is 1010. The second kappa shape index (κ2) is 8.54. The summed E-state index contributed by atoms with van der Waals surface area (Å²) in [5.41, 5.74) is 1.14. The quantitative estimate of drug-likeness (QED) is 0.546. The van der Waals surface area contributed by atoms with Crippen LogP contribution in [0, 0.1) is 0 Å². The fraction of sp³-hybridized carbons (Fsp3) is 0.150. The van der Waals surface area contributed by atoms with E-state index in [0.29, 0.717) is 37.7 Å². The molecule has 29 heavy (non-hydrogen) atoms. The zero-order valence-corrected chi connectivity index (χ0v) is 17.4. The molecular weight excluding hydrogens is 414 g/mol. The number of carboxylic acid groups (broad SMARTS) is 1.